The molecule has 3 amide bonds. The molecule has 26 heavy (non-hydrogen) atoms. The zero-order chi connectivity index (χ0) is 18.1. The third-order valence-electron chi connectivity index (χ3n) is 4.93. The molecular formula is C19H26ClN3O3. The first-order valence-corrected chi connectivity index (χ1v) is 8.84. The Morgan fingerprint density at radius 2 is 1.50 bits per heavy atom. The Morgan fingerprint density at radius 1 is 1.00 bits per heavy atom. The van der Waals surface area contributed by atoms with Gasteiger partial charge in [0.2, 0.25) is 5.91 Å². The van der Waals surface area contributed by atoms with Gasteiger partial charge < -0.3 is 9.80 Å². The van der Waals surface area contributed by atoms with E-state index in [1.54, 1.807) is 29.2 Å². The lowest BCUT2D eigenvalue weighted by atomic mass is 10.0. The highest BCUT2D eigenvalue weighted by Gasteiger charge is 2.44. The Morgan fingerprint density at radius 3 is 1.96 bits per heavy atom. The fourth-order valence-electron chi connectivity index (χ4n) is 3.49. The van der Waals surface area contributed by atoms with Gasteiger partial charge in [-0.2, -0.15) is 0 Å². The van der Waals surface area contributed by atoms with Gasteiger partial charge in [-0.05, 0) is 31.5 Å². The maximum absolute atomic E-state index is 13.1. The number of benzene rings is 1. The molecule has 6 nitrogen and oxygen atoms in total. The van der Waals surface area contributed by atoms with E-state index in [2.05, 4.69) is 4.90 Å². The molecule has 0 radical (unpaired) electrons. The maximum atomic E-state index is 13.1. The first kappa shape index (κ1) is 20.4. The van der Waals surface area contributed by atoms with Crippen molar-refractivity contribution in [1.29, 1.82) is 0 Å². The van der Waals surface area contributed by atoms with E-state index in [0.29, 0.717) is 30.6 Å². The molecule has 0 saturated carbocycles. The van der Waals surface area contributed by atoms with E-state index in [1.807, 2.05) is 20.9 Å². The summed E-state index contributed by atoms with van der Waals surface area (Å²) in [5, 5.41) is 0. The van der Waals surface area contributed by atoms with Crippen LogP contribution in [0, 0.1) is 5.92 Å². The predicted octanol–water partition coefficient (Wildman–Crippen LogP) is 1.89. The van der Waals surface area contributed by atoms with Crippen molar-refractivity contribution in [2.45, 2.75) is 26.3 Å². The van der Waals surface area contributed by atoms with Crippen LogP contribution in [0.3, 0.4) is 0 Å². The molecule has 0 N–H and O–H groups in total. The Kier molecular flexibility index (Phi) is 6.42. The lowest BCUT2D eigenvalue weighted by Crippen LogP contribution is -2.55. The summed E-state index contributed by atoms with van der Waals surface area (Å²) in [5.74, 6) is -0.621. The van der Waals surface area contributed by atoms with Crippen molar-refractivity contribution in [2.24, 2.45) is 5.92 Å². The number of fused-ring (bicyclic) bond motifs is 1. The molecule has 1 fully saturated rings. The number of likely N-dealkylation sites (N-methyl/N-ethyl adjacent to an activating group) is 1. The van der Waals surface area contributed by atoms with Crippen molar-refractivity contribution >= 4 is 30.1 Å². The lowest BCUT2D eigenvalue weighted by Gasteiger charge is -2.37. The van der Waals surface area contributed by atoms with E-state index in [9.17, 15) is 14.4 Å². The van der Waals surface area contributed by atoms with Gasteiger partial charge in [0.25, 0.3) is 11.8 Å². The summed E-state index contributed by atoms with van der Waals surface area (Å²) in [4.78, 5) is 43.9. The molecule has 3 rings (SSSR count). The van der Waals surface area contributed by atoms with Gasteiger partial charge in [-0.3, -0.25) is 19.3 Å². The maximum Gasteiger partial charge on any atom is 0.262 e. The van der Waals surface area contributed by atoms with Gasteiger partial charge in [0.05, 0.1) is 11.1 Å². The number of carbonyl (C=O) groups is 3. The van der Waals surface area contributed by atoms with Crippen LogP contribution in [0.5, 0.6) is 0 Å². The Bertz CT molecular complexity index is 664. The second-order valence-corrected chi connectivity index (χ2v) is 7.30. The van der Waals surface area contributed by atoms with E-state index in [-0.39, 0.29) is 36.0 Å². The highest BCUT2D eigenvalue weighted by molar-refractivity contribution is 6.22. The van der Waals surface area contributed by atoms with Crippen LogP contribution < -0.4 is 0 Å². The predicted molar refractivity (Wildman–Crippen MR) is 102 cm³/mol. The number of halogens is 1. The summed E-state index contributed by atoms with van der Waals surface area (Å²) in [6, 6.07) is 6.07. The monoisotopic (exact) mass is 379 g/mol. The van der Waals surface area contributed by atoms with E-state index in [4.69, 9.17) is 0 Å². The SMILES string of the molecule is CC(C)CC(C(=O)N1CCN(C)CC1)N1C(=O)c2ccccc2C1=O.Cl. The second-order valence-electron chi connectivity index (χ2n) is 7.30. The van der Waals surface area contributed by atoms with E-state index < -0.39 is 6.04 Å². The zero-order valence-electron chi connectivity index (χ0n) is 15.5. The summed E-state index contributed by atoms with van der Waals surface area (Å²) >= 11 is 0. The molecule has 0 aliphatic carbocycles. The number of imide groups is 1. The normalized spacial score (nSPS) is 18.8. The highest BCUT2D eigenvalue weighted by atomic mass is 35.5. The van der Waals surface area contributed by atoms with E-state index >= 15 is 0 Å². The topological polar surface area (TPSA) is 60.9 Å². The number of nitrogens with zero attached hydrogens (tertiary/aromatic N) is 3. The van der Waals surface area contributed by atoms with Crippen molar-refractivity contribution in [3.8, 4) is 0 Å². The van der Waals surface area contributed by atoms with Gasteiger partial charge in [-0.25, -0.2) is 0 Å². The van der Waals surface area contributed by atoms with Crippen molar-refractivity contribution in [3.05, 3.63) is 35.4 Å². The van der Waals surface area contributed by atoms with Crippen LogP contribution >= 0.6 is 12.4 Å². The van der Waals surface area contributed by atoms with Gasteiger partial charge in [-0.15, -0.1) is 12.4 Å². The summed E-state index contributed by atoms with van der Waals surface area (Å²) in [5.41, 5.74) is 0.792. The van der Waals surface area contributed by atoms with Gasteiger partial charge in [-0.1, -0.05) is 26.0 Å². The van der Waals surface area contributed by atoms with Crippen molar-refractivity contribution in [3.63, 3.8) is 0 Å². The largest absolute Gasteiger partial charge is 0.338 e. The summed E-state index contributed by atoms with van der Waals surface area (Å²) in [7, 11) is 2.03. The molecule has 1 unspecified atom stereocenters. The first-order chi connectivity index (χ1) is 11.9. The quantitative estimate of drug-likeness (QED) is 0.749. The fraction of sp³-hybridized carbons (Fsp3) is 0.526. The molecule has 1 atom stereocenters. The fourth-order valence-corrected chi connectivity index (χ4v) is 3.49. The molecule has 1 aromatic carbocycles. The molecule has 2 aliphatic heterocycles. The summed E-state index contributed by atoms with van der Waals surface area (Å²) < 4.78 is 0. The molecule has 2 heterocycles. The number of amides is 3. The molecular weight excluding hydrogens is 354 g/mol. The Hall–Kier alpha value is -1.92. The smallest absolute Gasteiger partial charge is 0.262 e. The molecule has 142 valence electrons. The third-order valence-corrected chi connectivity index (χ3v) is 4.93. The lowest BCUT2D eigenvalue weighted by molar-refractivity contribution is -0.137. The molecule has 7 heteroatoms. The molecule has 2 aliphatic rings. The van der Waals surface area contributed by atoms with Gasteiger partial charge >= 0.3 is 0 Å². The molecule has 0 aromatic heterocycles. The van der Waals surface area contributed by atoms with Gasteiger partial charge in [0.1, 0.15) is 6.04 Å². The minimum absolute atomic E-state index is 0. The van der Waals surface area contributed by atoms with Gasteiger partial charge in [0.15, 0.2) is 0 Å². The molecule has 0 bridgehead atoms. The van der Waals surface area contributed by atoms with Crippen molar-refractivity contribution in [2.75, 3.05) is 33.2 Å². The minimum atomic E-state index is -0.726. The number of carbonyl (C=O) groups excluding carboxylic acids is 3. The second kappa shape index (κ2) is 8.18. The minimum Gasteiger partial charge on any atom is -0.338 e. The number of hydrogen-bond acceptors (Lipinski definition) is 4. The van der Waals surface area contributed by atoms with Crippen LogP contribution in [0.1, 0.15) is 41.0 Å². The first-order valence-electron chi connectivity index (χ1n) is 8.84. The Labute approximate surface area is 160 Å². The average molecular weight is 380 g/mol. The van der Waals surface area contributed by atoms with Crippen LogP contribution in [-0.4, -0.2) is 71.7 Å². The Balaban J connectivity index is 0.00000243. The average Bonchev–Trinajstić information content (AvgIpc) is 2.84. The number of rotatable bonds is 4. The number of hydrogen-bond donors (Lipinski definition) is 0. The van der Waals surface area contributed by atoms with E-state index in [1.165, 1.54) is 4.90 Å². The molecule has 1 saturated heterocycles. The highest BCUT2D eigenvalue weighted by Crippen LogP contribution is 2.28. The van der Waals surface area contributed by atoms with Crippen LogP contribution in [0.2, 0.25) is 0 Å². The standard InChI is InChI=1S/C19H25N3O3.ClH/c1-13(2)12-16(19(25)21-10-8-20(3)9-11-21)22-17(23)14-6-4-5-7-15(14)18(22)24;/h4-7,13,16H,8-12H2,1-3H3;1H. The van der Waals surface area contributed by atoms with Gasteiger partial charge in [0, 0.05) is 26.2 Å². The van der Waals surface area contributed by atoms with Crippen LogP contribution in [0.15, 0.2) is 24.3 Å². The van der Waals surface area contributed by atoms with Crippen LogP contribution in [0.4, 0.5) is 0 Å². The number of piperazine rings is 1. The van der Waals surface area contributed by atoms with Crippen LogP contribution in [0.25, 0.3) is 0 Å². The van der Waals surface area contributed by atoms with E-state index in [0.717, 1.165) is 13.1 Å². The summed E-state index contributed by atoms with van der Waals surface area (Å²) in [6.45, 7) is 6.88. The molecule has 1 aromatic rings. The summed E-state index contributed by atoms with van der Waals surface area (Å²) in [6.07, 6.45) is 0.483. The molecule has 0 spiro atoms. The third kappa shape index (κ3) is 3.76. The van der Waals surface area contributed by atoms with Crippen LogP contribution in [-0.2, 0) is 4.79 Å². The van der Waals surface area contributed by atoms with Crippen molar-refractivity contribution in [1.82, 2.24) is 14.7 Å². The van der Waals surface area contributed by atoms with Crippen molar-refractivity contribution < 1.29 is 14.4 Å². The zero-order valence-corrected chi connectivity index (χ0v) is 16.3.